The molecule has 0 saturated heterocycles. The maximum atomic E-state index is 12.9. The fourth-order valence-electron chi connectivity index (χ4n) is 3.26. The molecule has 0 aromatic heterocycles. The second kappa shape index (κ2) is 8.13. The molecule has 2 aromatic carbocycles. The van der Waals surface area contributed by atoms with Gasteiger partial charge in [-0.2, -0.15) is 0 Å². The fraction of sp³-hybridized carbons (Fsp3) is 0.333. The molecule has 1 aliphatic carbocycles. The standard InChI is InChI=1S/C21H23FN2O2/c1-14(23-20(25)16-4-2-3-5-16)15-8-12-19(13-9-15)24-21(26)17-6-10-18(22)11-7-17/h6-14,16H,2-5H2,1H3,(H,23,25)(H,24,26). The van der Waals surface area contributed by atoms with Crippen LogP contribution in [0.5, 0.6) is 0 Å². The van der Waals surface area contributed by atoms with Crippen LogP contribution in [0.15, 0.2) is 48.5 Å². The first-order valence-corrected chi connectivity index (χ1v) is 9.00. The molecule has 2 amide bonds. The van der Waals surface area contributed by atoms with E-state index in [-0.39, 0.29) is 29.6 Å². The van der Waals surface area contributed by atoms with Crippen LogP contribution < -0.4 is 10.6 Å². The Morgan fingerprint density at radius 1 is 1.00 bits per heavy atom. The molecule has 0 heterocycles. The topological polar surface area (TPSA) is 58.2 Å². The highest BCUT2D eigenvalue weighted by Gasteiger charge is 2.23. The van der Waals surface area contributed by atoms with Gasteiger partial charge in [0.15, 0.2) is 0 Å². The molecule has 5 heteroatoms. The van der Waals surface area contributed by atoms with Crippen LogP contribution in [-0.2, 0) is 4.79 Å². The number of carbonyl (C=O) groups excluding carboxylic acids is 2. The van der Waals surface area contributed by atoms with Crippen molar-refractivity contribution in [3.8, 4) is 0 Å². The van der Waals surface area contributed by atoms with Crippen molar-refractivity contribution >= 4 is 17.5 Å². The summed E-state index contributed by atoms with van der Waals surface area (Å²) in [7, 11) is 0. The van der Waals surface area contributed by atoms with E-state index in [1.165, 1.54) is 24.3 Å². The van der Waals surface area contributed by atoms with Crippen molar-refractivity contribution in [3.05, 3.63) is 65.5 Å². The third-order valence-corrected chi connectivity index (χ3v) is 4.86. The van der Waals surface area contributed by atoms with Crippen LogP contribution in [0.25, 0.3) is 0 Å². The van der Waals surface area contributed by atoms with Crippen molar-refractivity contribution in [2.24, 2.45) is 5.92 Å². The van der Waals surface area contributed by atoms with Crippen molar-refractivity contribution in [3.63, 3.8) is 0 Å². The lowest BCUT2D eigenvalue weighted by Gasteiger charge is -2.17. The van der Waals surface area contributed by atoms with Crippen molar-refractivity contribution in [2.75, 3.05) is 5.32 Å². The molecule has 1 saturated carbocycles. The Balaban J connectivity index is 1.58. The Labute approximate surface area is 152 Å². The van der Waals surface area contributed by atoms with E-state index in [1.54, 1.807) is 12.1 Å². The third-order valence-electron chi connectivity index (χ3n) is 4.86. The SMILES string of the molecule is CC(NC(=O)C1CCCC1)c1ccc(NC(=O)c2ccc(F)cc2)cc1. The smallest absolute Gasteiger partial charge is 0.255 e. The second-order valence-corrected chi connectivity index (χ2v) is 6.79. The third kappa shape index (κ3) is 4.48. The molecule has 0 aliphatic heterocycles. The molecule has 1 atom stereocenters. The summed E-state index contributed by atoms with van der Waals surface area (Å²) in [6, 6.07) is 12.7. The van der Waals surface area contributed by atoms with E-state index in [4.69, 9.17) is 0 Å². The molecule has 136 valence electrons. The lowest BCUT2D eigenvalue weighted by atomic mass is 10.0. The molecule has 1 unspecified atom stereocenters. The predicted molar refractivity (Wildman–Crippen MR) is 99.3 cm³/mol. The quantitative estimate of drug-likeness (QED) is 0.834. The van der Waals surface area contributed by atoms with Gasteiger partial charge in [-0.3, -0.25) is 9.59 Å². The maximum absolute atomic E-state index is 12.9. The largest absolute Gasteiger partial charge is 0.349 e. The van der Waals surface area contributed by atoms with Gasteiger partial charge in [0, 0.05) is 17.2 Å². The minimum atomic E-state index is -0.375. The van der Waals surface area contributed by atoms with Gasteiger partial charge in [0.25, 0.3) is 5.91 Å². The first-order chi connectivity index (χ1) is 12.5. The maximum Gasteiger partial charge on any atom is 0.255 e. The average molecular weight is 354 g/mol. The van der Waals surface area contributed by atoms with Crippen LogP contribution in [0, 0.1) is 11.7 Å². The normalized spacial score (nSPS) is 15.5. The lowest BCUT2D eigenvalue weighted by molar-refractivity contribution is -0.125. The summed E-state index contributed by atoms with van der Waals surface area (Å²) in [5, 5.41) is 5.85. The minimum Gasteiger partial charge on any atom is -0.349 e. The van der Waals surface area contributed by atoms with Crippen molar-refractivity contribution in [1.82, 2.24) is 5.32 Å². The zero-order valence-electron chi connectivity index (χ0n) is 14.8. The number of nitrogens with one attached hydrogen (secondary N) is 2. The number of halogens is 1. The Morgan fingerprint density at radius 2 is 1.62 bits per heavy atom. The molecule has 4 nitrogen and oxygen atoms in total. The molecule has 2 N–H and O–H groups in total. The van der Waals surface area contributed by atoms with E-state index < -0.39 is 0 Å². The van der Waals surface area contributed by atoms with Crippen LogP contribution in [0.4, 0.5) is 10.1 Å². The van der Waals surface area contributed by atoms with E-state index in [1.807, 2.05) is 19.1 Å². The molecule has 0 spiro atoms. The molecule has 1 aliphatic rings. The number of carbonyl (C=O) groups is 2. The predicted octanol–water partition coefficient (Wildman–Crippen LogP) is 4.45. The van der Waals surface area contributed by atoms with Gasteiger partial charge in [-0.1, -0.05) is 25.0 Å². The van der Waals surface area contributed by atoms with Gasteiger partial charge in [-0.15, -0.1) is 0 Å². The van der Waals surface area contributed by atoms with Gasteiger partial charge in [-0.05, 0) is 61.7 Å². The summed E-state index contributed by atoms with van der Waals surface area (Å²) >= 11 is 0. The number of hydrogen-bond acceptors (Lipinski definition) is 2. The van der Waals surface area contributed by atoms with Crippen molar-refractivity contribution in [2.45, 2.75) is 38.6 Å². The summed E-state index contributed by atoms with van der Waals surface area (Å²) in [5.74, 6) is -0.393. The van der Waals surface area contributed by atoms with Crippen LogP contribution in [0.1, 0.15) is 54.6 Å². The van der Waals surface area contributed by atoms with E-state index in [0.29, 0.717) is 11.3 Å². The number of benzene rings is 2. The highest BCUT2D eigenvalue weighted by atomic mass is 19.1. The Kier molecular flexibility index (Phi) is 5.66. The average Bonchev–Trinajstić information content (AvgIpc) is 3.17. The molecule has 1 fully saturated rings. The molecule has 3 rings (SSSR count). The summed E-state index contributed by atoms with van der Waals surface area (Å²) in [6.07, 6.45) is 4.23. The molecule has 0 radical (unpaired) electrons. The Bertz CT molecular complexity index is 766. The van der Waals surface area contributed by atoms with Gasteiger partial charge in [0.2, 0.25) is 5.91 Å². The Hall–Kier alpha value is -2.69. The van der Waals surface area contributed by atoms with Gasteiger partial charge in [0.1, 0.15) is 5.82 Å². The van der Waals surface area contributed by atoms with Crippen LogP contribution in [-0.4, -0.2) is 11.8 Å². The fourth-order valence-corrected chi connectivity index (χ4v) is 3.26. The summed E-state index contributed by atoms with van der Waals surface area (Å²) in [5.41, 5.74) is 2.03. The van der Waals surface area contributed by atoms with E-state index >= 15 is 0 Å². The second-order valence-electron chi connectivity index (χ2n) is 6.79. The van der Waals surface area contributed by atoms with E-state index in [2.05, 4.69) is 10.6 Å². The molecular weight excluding hydrogens is 331 g/mol. The molecule has 0 bridgehead atoms. The van der Waals surface area contributed by atoms with Gasteiger partial charge < -0.3 is 10.6 Å². The summed E-state index contributed by atoms with van der Waals surface area (Å²) < 4.78 is 12.9. The molecular formula is C21H23FN2O2. The number of amides is 2. The van der Waals surface area contributed by atoms with Crippen LogP contribution in [0.2, 0.25) is 0 Å². The highest BCUT2D eigenvalue weighted by molar-refractivity contribution is 6.04. The zero-order valence-corrected chi connectivity index (χ0v) is 14.8. The molecule has 2 aromatic rings. The number of anilines is 1. The molecule has 26 heavy (non-hydrogen) atoms. The van der Waals surface area contributed by atoms with Crippen molar-refractivity contribution in [1.29, 1.82) is 0 Å². The first-order valence-electron chi connectivity index (χ1n) is 9.00. The summed E-state index contributed by atoms with van der Waals surface area (Å²) in [6.45, 7) is 1.96. The first kappa shape index (κ1) is 18.1. The van der Waals surface area contributed by atoms with E-state index in [0.717, 1.165) is 31.2 Å². The highest BCUT2D eigenvalue weighted by Crippen LogP contribution is 2.26. The van der Waals surface area contributed by atoms with Crippen molar-refractivity contribution < 1.29 is 14.0 Å². The van der Waals surface area contributed by atoms with Crippen LogP contribution in [0.3, 0.4) is 0 Å². The lowest BCUT2D eigenvalue weighted by Crippen LogP contribution is -2.31. The Morgan fingerprint density at radius 3 is 2.23 bits per heavy atom. The number of rotatable bonds is 5. The summed E-state index contributed by atoms with van der Waals surface area (Å²) in [4.78, 5) is 24.4. The monoisotopic (exact) mass is 354 g/mol. The van der Waals surface area contributed by atoms with Gasteiger partial charge >= 0.3 is 0 Å². The van der Waals surface area contributed by atoms with Gasteiger partial charge in [-0.25, -0.2) is 4.39 Å². The minimum absolute atomic E-state index is 0.0787. The van der Waals surface area contributed by atoms with Crippen LogP contribution >= 0.6 is 0 Å². The van der Waals surface area contributed by atoms with E-state index in [9.17, 15) is 14.0 Å². The number of hydrogen-bond donors (Lipinski definition) is 2. The van der Waals surface area contributed by atoms with Gasteiger partial charge in [0.05, 0.1) is 6.04 Å². The zero-order chi connectivity index (χ0) is 18.5.